The molecule has 160 valence electrons. The van der Waals surface area contributed by atoms with Crippen molar-refractivity contribution in [1.29, 1.82) is 0 Å². The first-order valence-corrected chi connectivity index (χ1v) is 10.6. The highest BCUT2D eigenvalue weighted by Crippen LogP contribution is 2.25. The normalized spacial score (nSPS) is 13.8. The number of thioether (sulfide) groups is 1. The highest BCUT2D eigenvalue weighted by molar-refractivity contribution is 8.13. The van der Waals surface area contributed by atoms with Crippen LogP contribution in [-0.4, -0.2) is 40.9 Å². The summed E-state index contributed by atoms with van der Waals surface area (Å²) in [5.74, 6) is -0.593. The fourth-order valence-electron chi connectivity index (χ4n) is 3.05. The van der Waals surface area contributed by atoms with Crippen LogP contribution in [0.3, 0.4) is 0 Å². The number of carbonyl (C=O) groups excluding carboxylic acids is 2. The zero-order chi connectivity index (χ0) is 22.1. The minimum Gasteiger partial charge on any atom is -0.497 e. The van der Waals surface area contributed by atoms with Gasteiger partial charge in [0, 0.05) is 18.6 Å². The number of ketones is 1. The van der Waals surface area contributed by atoms with Crippen molar-refractivity contribution in [2.45, 2.75) is 32.4 Å². The van der Waals surface area contributed by atoms with Gasteiger partial charge in [-0.15, -0.1) is 0 Å². The van der Waals surface area contributed by atoms with E-state index in [0.717, 1.165) is 23.1 Å². The van der Waals surface area contributed by atoms with Gasteiger partial charge in [-0.2, -0.15) is 0 Å². The molecule has 0 radical (unpaired) electrons. The van der Waals surface area contributed by atoms with Gasteiger partial charge in [-0.1, -0.05) is 54.2 Å². The van der Waals surface area contributed by atoms with Crippen LogP contribution in [0.1, 0.15) is 31.0 Å². The molecule has 0 heterocycles. The average molecular weight is 430 g/mol. The molecular weight excluding hydrogens is 402 g/mol. The maximum Gasteiger partial charge on any atom is 0.320 e. The van der Waals surface area contributed by atoms with Crippen molar-refractivity contribution in [3.8, 4) is 5.75 Å². The van der Waals surface area contributed by atoms with Crippen LogP contribution in [0.5, 0.6) is 5.75 Å². The summed E-state index contributed by atoms with van der Waals surface area (Å²) in [5, 5.41) is 12.2. The molecule has 0 spiro atoms. The minimum absolute atomic E-state index is 0.0642. The Hall–Kier alpha value is -2.64. The smallest absolute Gasteiger partial charge is 0.320 e. The third kappa shape index (κ3) is 7.00. The second-order valence-electron chi connectivity index (χ2n) is 7.02. The second-order valence-corrected chi connectivity index (χ2v) is 8.22. The summed E-state index contributed by atoms with van der Waals surface area (Å²) in [5.41, 5.74) is 1.64. The predicted molar refractivity (Wildman–Crippen MR) is 118 cm³/mol. The third-order valence-corrected chi connectivity index (χ3v) is 5.71. The standard InChI is InChI=1S/C23H27NO5S/c1-15(23(27)28)24-21(18-7-5-4-6-8-18)22(26)19(14-30-16(2)25)13-17-9-11-20(29-3)12-10-17/h4-12,15,19,21,24H,13-14H2,1-3H3,(H,27,28)/t15?,19-,21?/m1/s1. The summed E-state index contributed by atoms with van der Waals surface area (Å²) in [4.78, 5) is 36.5. The number of carboxylic acids is 1. The monoisotopic (exact) mass is 429 g/mol. The van der Waals surface area contributed by atoms with E-state index in [1.165, 1.54) is 13.8 Å². The highest BCUT2D eigenvalue weighted by Gasteiger charge is 2.31. The first-order chi connectivity index (χ1) is 14.3. The Morgan fingerprint density at radius 3 is 2.23 bits per heavy atom. The van der Waals surface area contributed by atoms with Gasteiger partial charge in [0.05, 0.1) is 13.2 Å². The van der Waals surface area contributed by atoms with Gasteiger partial charge in [-0.3, -0.25) is 19.7 Å². The van der Waals surface area contributed by atoms with Gasteiger partial charge in [0.2, 0.25) is 0 Å². The summed E-state index contributed by atoms with van der Waals surface area (Å²) in [6.45, 7) is 2.98. The molecule has 0 aliphatic rings. The lowest BCUT2D eigenvalue weighted by atomic mass is 9.89. The number of aliphatic carboxylic acids is 1. The molecule has 0 fully saturated rings. The van der Waals surface area contributed by atoms with Gasteiger partial charge < -0.3 is 9.84 Å². The molecule has 0 saturated heterocycles. The molecule has 0 saturated carbocycles. The Balaban J connectivity index is 2.31. The number of rotatable bonds is 11. The molecule has 3 atom stereocenters. The fraction of sp³-hybridized carbons (Fsp3) is 0.348. The van der Waals surface area contributed by atoms with Crippen molar-refractivity contribution in [2.24, 2.45) is 5.92 Å². The Morgan fingerprint density at radius 2 is 1.70 bits per heavy atom. The van der Waals surface area contributed by atoms with E-state index in [9.17, 15) is 19.5 Å². The SMILES string of the molecule is COc1ccc(C[C@H](CSC(C)=O)C(=O)C(NC(C)C(=O)O)c2ccccc2)cc1. The number of hydrogen-bond acceptors (Lipinski definition) is 6. The molecule has 0 amide bonds. The summed E-state index contributed by atoms with van der Waals surface area (Å²) < 4.78 is 5.18. The Bertz CT molecular complexity index is 854. The van der Waals surface area contributed by atoms with Crippen molar-refractivity contribution < 1.29 is 24.2 Å². The second kappa shape index (κ2) is 11.5. The Morgan fingerprint density at radius 1 is 1.07 bits per heavy atom. The average Bonchev–Trinajstić information content (AvgIpc) is 2.75. The quantitative estimate of drug-likeness (QED) is 0.565. The molecule has 30 heavy (non-hydrogen) atoms. The number of carbonyl (C=O) groups is 3. The number of carboxylic acid groups (broad SMARTS) is 1. The van der Waals surface area contributed by atoms with Crippen molar-refractivity contribution in [3.63, 3.8) is 0 Å². The predicted octanol–water partition coefficient (Wildman–Crippen LogP) is 3.51. The number of Topliss-reactive ketones (excluding diaryl/α,β-unsaturated/α-hetero) is 1. The maximum atomic E-state index is 13.5. The molecule has 0 aliphatic heterocycles. The first kappa shape index (κ1) is 23.6. The zero-order valence-electron chi connectivity index (χ0n) is 17.3. The van der Waals surface area contributed by atoms with Crippen LogP contribution in [-0.2, 0) is 20.8 Å². The van der Waals surface area contributed by atoms with E-state index >= 15 is 0 Å². The molecular formula is C23H27NO5S. The van der Waals surface area contributed by atoms with E-state index in [2.05, 4.69) is 5.32 Å². The van der Waals surface area contributed by atoms with Crippen LogP contribution in [0.2, 0.25) is 0 Å². The van der Waals surface area contributed by atoms with Gasteiger partial charge in [0.25, 0.3) is 0 Å². The fourth-order valence-corrected chi connectivity index (χ4v) is 3.77. The molecule has 2 unspecified atom stereocenters. The van der Waals surface area contributed by atoms with Gasteiger partial charge in [-0.05, 0) is 36.6 Å². The van der Waals surface area contributed by atoms with Crippen molar-refractivity contribution in [1.82, 2.24) is 5.32 Å². The Labute approximate surface area is 181 Å². The molecule has 2 aromatic carbocycles. The first-order valence-electron chi connectivity index (χ1n) is 9.65. The molecule has 0 bridgehead atoms. The van der Waals surface area contributed by atoms with E-state index in [4.69, 9.17) is 4.74 Å². The molecule has 2 N–H and O–H groups in total. The lowest BCUT2D eigenvalue weighted by Gasteiger charge is -2.25. The van der Waals surface area contributed by atoms with Gasteiger partial charge >= 0.3 is 5.97 Å². The summed E-state index contributed by atoms with van der Waals surface area (Å²) >= 11 is 1.10. The van der Waals surface area contributed by atoms with E-state index in [-0.39, 0.29) is 10.9 Å². The number of benzene rings is 2. The number of nitrogens with one attached hydrogen (secondary N) is 1. The van der Waals surface area contributed by atoms with Crippen molar-refractivity contribution in [2.75, 3.05) is 12.9 Å². The molecule has 0 aliphatic carbocycles. The van der Waals surface area contributed by atoms with Gasteiger partial charge in [0.1, 0.15) is 11.8 Å². The topological polar surface area (TPSA) is 92.7 Å². The molecule has 2 rings (SSSR count). The lowest BCUT2D eigenvalue weighted by molar-refractivity contribution is -0.139. The van der Waals surface area contributed by atoms with Crippen molar-refractivity contribution >= 4 is 28.6 Å². The number of methoxy groups -OCH3 is 1. The lowest BCUT2D eigenvalue weighted by Crippen LogP contribution is -2.42. The third-order valence-electron chi connectivity index (χ3n) is 4.74. The van der Waals surface area contributed by atoms with E-state index in [1.54, 1.807) is 19.2 Å². The minimum atomic E-state index is -1.03. The van der Waals surface area contributed by atoms with Crippen LogP contribution in [0.4, 0.5) is 0 Å². The largest absolute Gasteiger partial charge is 0.497 e. The van der Waals surface area contributed by atoms with E-state index < -0.39 is 24.0 Å². The van der Waals surface area contributed by atoms with Crippen LogP contribution in [0.25, 0.3) is 0 Å². The Kier molecular flexibility index (Phi) is 9.08. The van der Waals surface area contributed by atoms with E-state index in [0.29, 0.717) is 17.7 Å². The highest BCUT2D eigenvalue weighted by atomic mass is 32.2. The summed E-state index contributed by atoms with van der Waals surface area (Å²) in [6, 6.07) is 14.8. The maximum absolute atomic E-state index is 13.5. The van der Waals surface area contributed by atoms with Gasteiger partial charge in [0.15, 0.2) is 10.9 Å². The van der Waals surface area contributed by atoms with E-state index in [1.807, 2.05) is 42.5 Å². The van der Waals surface area contributed by atoms with Crippen LogP contribution in [0.15, 0.2) is 54.6 Å². The van der Waals surface area contributed by atoms with Crippen LogP contribution < -0.4 is 10.1 Å². The zero-order valence-corrected chi connectivity index (χ0v) is 18.1. The summed E-state index contributed by atoms with van der Waals surface area (Å²) in [6.07, 6.45) is 0.440. The number of hydrogen-bond donors (Lipinski definition) is 2. The molecule has 7 heteroatoms. The number of ether oxygens (including phenoxy) is 1. The van der Waals surface area contributed by atoms with Gasteiger partial charge in [-0.25, -0.2) is 0 Å². The summed E-state index contributed by atoms with van der Waals surface area (Å²) in [7, 11) is 1.59. The molecule has 2 aromatic rings. The molecule has 6 nitrogen and oxygen atoms in total. The van der Waals surface area contributed by atoms with Crippen LogP contribution in [0, 0.1) is 5.92 Å². The van der Waals surface area contributed by atoms with Crippen LogP contribution >= 0.6 is 11.8 Å². The molecule has 0 aromatic heterocycles. The van der Waals surface area contributed by atoms with Crippen molar-refractivity contribution in [3.05, 3.63) is 65.7 Å².